The highest BCUT2D eigenvalue weighted by Crippen LogP contribution is 2.23. The third-order valence-corrected chi connectivity index (χ3v) is 5.49. The van der Waals surface area contributed by atoms with Crippen molar-refractivity contribution >= 4 is 10.8 Å². The van der Waals surface area contributed by atoms with Crippen molar-refractivity contribution in [2.45, 2.75) is 25.8 Å². The molecular weight excluding hydrogens is 330 g/mol. The number of rotatable bonds is 5. The van der Waals surface area contributed by atoms with Crippen molar-refractivity contribution in [2.75, 3.05) is 19.6 Å². The van der Waals surface area contributed by atoms with Crippen LogP contribution in [0.5, 0.6) is 0 Å². The predicted molar refractivity (Wildman–Crippen MR) is 101 cm³/mol. The molecule has 3 aromatic rings. The van der Waals surface area contributed by atoms with Gasteiger partial charge >= 0.3 is 0 Å². The number of benzene rings is 2. The average molecular weight is 354 g/mol. The minimum absolute atomic E-state index is 0.142. The molecule has 0 spiro atoms. The number of fused-ring (bicyclic) bond motifs is 1. The molecule has 4 heteroatoms. The monoisotopic (exact) mass is 354 g/mol. The Labute approximate surface area is 153 Å². The van der Waals surface area contributed by atoms with Crippen LogP contribution in [0.4, 0.5) is 8.78 Å². The fourth-order valence-electron chi connectivity index (χ4n) is 3.92. The molecule has 2 aromatic carbocycles. The van der Waals surface area contributed by atoms with Gasteiger partial charge in [0.1, 0.15) is 11.6 Å². The molecule has 0 aliphatic carbocycles. The molecule has 0 N–H and O–H groups in total. The minimum atomic E-state index is -0.174. The fraction of sp³-hybridized carbons (Fsp3) is 0.364. The molecule has 1 fully saturated rings. The van der Waals surface area contributed by atoms with Gasteiger partial charge < -0.3 is 9.47 Å². The zero-order chi connectivity index (χ0) is 17.9. The minimum Gasteiger partial charge on any atom is -0.353 e. The Hall–Kier alpha value is -2.20. The molecule has 136 valence electrons. The maximum absolute atomic E-state index is 13.8. The Balaban J connectivity index is 1.27. The lowest BCUT2D eigenvalue weighted by Crippen LogP contribution is -2.36. The molecule has 2 heterocycles. The van der Waals surface area contributed by atoms with Gasteiger partial charge in [0.15, 0.2) is 0 Å². The molecule has 0 atom stereocenters. The SMILES string of the molecule is Fc1ccc(CCN2CCC(Cn3cc4cccc(F)c4c3)CC2)cc1. The molecule has 1 saturated heterocycles. The van der Waals surface area contributed by atoms with Crippen LogP contribution in [0.1, 0.15) is 18.4 Å². The van der Waals surface area contributed by atoms with Crippen LogP contribution < -0.4 is 0 Å². The smallest absolute Gasteiger partial charge is 0.132 e. The molecule has 1 aromatic heterocycles. The zero-order valence-corrected chi connectivity index (χ0v) is 14.9. The summed E-state index contributed by atoms with van der Waals surface area (Å²) in [5.74, 6) is 0.325. The van der Waals surface area contributed by atoms with Crippen LogP contribution >= 0.6 is 0 Å². The normalized spacial score (nSPS) is 16.4. The van der Waals surface area contributed by atoms with E-state index in [1.54, 1.807) is 6.07 Å². The first-order valence-corrected chi connectivity index (χ1v) is 9.38. The first kappa shape index (κ1) is 17.2. The Morgan fingerprint density at radius 2 is 1.69 bits per heavy atom. The van der Waals surface area contributed by atoms with Gasteiger partial charge in [-0.05, 0) is 62.0 Å². The molecule has 0 unspecified atom stereocenters. The average Bonchev–Trinajstić information content (AvgIpc) is 3.06. The van der Waals surface area contributed by atoms with Crippen molar-refractivity contribution < 1.29 is 8.78 Å². The zero-order valence-electron chi connectivity index (χ0n) is 14.9. The summed E-state index contributed by atoms with van der Waals surface area (Å²) in [4.78, 5) is 2.49. The van der Waals surface area contributed by atoms with Crippen molar-refractivity contribution in [3.8, 4) is 0 Å². The van der Waals surface area contributed by atoms with Gasteiger partial charge in [-0.25, -0.2) is 8.78 Å². The van der Waals surface area contributed by atoms with Gasteiger partial charge in [0.2, 0.25) is 0 Å². The Morgan fingerprint density at radius 1 is 0.923 bits per heavy atom. The number of likely N-dealkylation sites (tertiary alicyclic amines) is 1. The van der Waals surface area contributed by atoms with Crippen molar-refractivity contribution in [1.82, 2.24) is 9.47 Å². The summed E-state index contributed by atoms with van der Waals surface area (Å²) < 4.78 is 28.9. The molecule has 2 nitrogen and oxygen atoms in total. The van der Waals surface area contributed by atoms with Crippen LogP contribution in [-0.4, -0.2) is 29.1 Å². The van der Waals surface area contributed by atoms with Crippen LogP contribution in [-0.2, 0) is 13.0 Å². The van der Waals surface area contributed by atoms with E-state index in [0.717, 1.165) is 38.0 Å². The van der Waals surface area contributed by atoms with Crippen molar-refractivity contribution in [3.63, 3.8) is 0 Å². The highest BCUT2D eigenvalue weighted by atomic mass is 19.1. The standard InChI is InChI=1S/C22H24F2N2/c23-20-6-4-17(5-7-20)8-11-25-12-9-18(10-13-25)14-26-15-19-2-1-3-22(24)21(19)16-26/h1-7,15-16,18H,8-14H2. The summed E-state index contributed by atoms with van der Waals surface area (Å²) in [6.45, 7) is 4.18. The van der Waals surface area contributed by atoms with E-state index in [0.29, 0.717) is 11.3 Å². The highest BCUT2D eigenvalue weighted by molar-refractivity contribution is 5.82. The van der Waals surface area contributed by atoms with Crippen LogP contribution in [0.2, 0.25) is 0 Å². The van der Waals surface area contributed by atoms with Crippen LogP contribution in [0.3, 0.4) is 0 Å². The molecule has 4 rings (SSSR count). The summed E-state index contributed by atoms with van der Waals surface area (Å²) in [5, 5.41) is 1.69. The largest absolute Gasteiger partial charge is 0.353 e. The second kappa shape index (κ2) is 7.58. The van der Waals surface area contributed by atoms with Gasteiger partial charge in [-0.1, -0.05) is 24.3 Å². The maximum Gasteiger partial charge on any atom is 0.132 e. The topological polar surface area (TPSA) is 8.17 Å². The van der Waals surface area contributed by atoms with Gasteiger partial charge in [0.05, 0.1) is 0 Å². The van der Waals surface area contributed by atoms with E-state index in [9.17, 15) is 8.78 Å². The molecule has 0 amide bonds. The molecule has 1 aliphatic heterocycles. The summed E-state index contributed by atoms with van der Waals surface area (Å²) in [5.41, 5.74) is 1.19. The van der Waals surface area contributed by atoms with E-state index in [1.807, 2.05) is 24.4 Å². The molecule has 1 aliphatic rings. The predicted octanol–water partition coefficient (Wildman–Crippen LogP) is 4.87. The number of hydrogen-bond donors (Lipinski definition) is 0. The molecule has 26 heavy (non-hydrogen) atoms. The molecule has 0 saturated carbocycles. The van der Waals surface area contributed by atoms with E-state index in [-0.39, 0.29) is 11.6 Å². The molecule has 0 radical (unpaired) electrons. The van der Waals surface area contributed by atoms with E-state index in [4.69, 9.17) is 0 Å². The van der Waals surface area contributed by atoms with Gasteiger partial charge in [-0.2, -0.15) is 0 Å². The van der Waals surface area contributed by atoms with Gasteiger partial charge in [-0.15, -0.1) is 0 Å². The van der Waals surface area contributed by atoms with Crippen LogP contribution in [0, 0.1) is 17.6 Å². The lowest BCUT2D eigenvalue weighted by atomic mass is 9.96. The number of piperidine rings is 1. The summed E-state index contributed by atoms with van der Waals surface area (Å²) in [6, 6.07) is 12.1. The molecular formula is C22H24F2N2. The number of aromatic nitrogens is 1. The Kier molecular flexibility index (Phi) is 5.02. The van der Waals surface area contributed by atoms with E-state index < -0.39 is 0 Å². The van der Waals surface area contributed by atoms with Gasteiger partial charge in [0, 0.05) is 36.3 Å². The van der Waals surface area contributed by atoms with Gasteiger partial charge in [0.25, 0.3) is 0 Å². The van der Waals surface area contributed by atoms with Crippen molar-refractivity contribution in [2.24, 2.45) is 5.92 Å². The van der Waals surface area contributed by atoms with E-state index in [1.165, 1.54) is 36.6 Å². The van der Waals surface area contributed by atoms with Crippen molar-refractivity contribution in [1.29, 1.82) is 0 Å². The second-order valence-corrected chi connectivity index (χ2v) is 7.36. The first-order chi connectivity index (χ1) is 12.7. The van der Waals surface area contributed by atoms with Crippen molar-refractivity contribution in [3.05, 3.63) is 72.1 Å². The summed E-state index contributed by atoms with van der Waals surface area (Å²) >= 11 is 0. The van der Waals surface area contributed by atoms with Gasteiger partial charge in [-0.3, -0.25) is 0 Å². The number of halogens is 2. The summed E-state index contributed by atoms with van der Waals surface area (Å²) in [7, 11) is 0. The van der Waals surface area contributed by atoms with Crippen LogP contribution in [0.25, 0.3) is 10.8 Å². The first-order valence-electron chi connectivity index (χ1n) is 9.38. The van der Waals surface area contributed by atoms with Crippen LogP contribution in [0.15, 0.2) is 54.9 Å². The highest BCUT2D eigenvalue weighted by Gasteiger charge is 2.19. The quantitative estimate of drug-likeness (QED) is 0.634. The number of hydrogen-bond acceptors (Lipinski definition) is 1. The molecule has 0 bridgehead atoms. The Morgan fingerprint density at radius 3 is 2.42 bits per heavy atom. The lowest BCUT2D eigenvalue weighted by Gasteiger charge is -2.32. The second-order valence-electron chi connectivity index (χ2n) is 7.36. The number of nitrogens with zero attached hydrogens (tertiary/aromatic N) is 2. The summed E-state index contributed by atoms with van der Waals surface area (Å²) in [6.07, 6.45) is 7.29. The maximum atomic E-state index is 13.8. The van der Waals surface area contributed by atoms with E-state index in [2.05, 4.69) is 15.7 Å². The third kappa shape index (κ3) is 3.96. The lowest BCUT2D eigenvalue weighted by molar-refractivity contribution is 0.175. The fourth-order valence-corrected chi connectivity index (χ4v) is 3.92. The third-order valence-electron chi connectivity index (χ3n) is 5.49. The Bertz CT molecular complexity index is 861. The van der Waals surface area contributed by atoms with E-state index >= 15 is 0 Å².